The van der Waals surface area contributed by atoms with Crippen LogP contribution >= 0.6 is 0 Å². The maximum absolute atomic E-state index is 13.2. The van der Waals surface area contributed by atoms with Crippen LogP contribution in [0.15, 0.2) is 109 Å². The quantitative estimate of drug-likeness (QED) is 0.0228. The van der Waals surface area contributed by atoms with Crippen molar-refractivity contribution in [2.45, 2.75) is 314 Å². The lowest BCUT2D eigenvalue weighted by atomic mass is 9.98. The molecule has 12 heteroatoms. The lowest BCUT2D eigenvalue weighted by Gasteiger charge is -2.40. The van der Waals surface area contributed by atoms with E-state index < -0.39 is 67.3 Å². The molecule has 85 heavy (non-hydrogen) atoms. The standard InChI is InChI=1S/C73H120O12/c1-4-7-10-13-16-19-22-25-28-31-33-36-38-41-44-47-50-53-56-59-65(74)81-62-64(83-66(75)60-57-54-51-48-45-42-40-37-34-32-29-26-23-20-17-14-11-8-5-2)63-82-73-71(69(78)68(77)70(85-73)72(79)80)84-67(76)61-58-55-52-49-46-43-39-35-30-27-24-21-18-15-12-9-6-3/h7,9-10,12,16,18-19,21,25-30,33,36,41,44,64,68-71,73,77-78H,4-6,8,11,13-15,17,20,22-24,31-32,34-35,37-40,42-43,45-63H2,1-3H3,(H,79,80)/b10-7-,12-9-,19-16-,21-18-,28-25-,29-26-,30-27-,36-33-,44-41-. The van der Waals surface area contributed by atoms with Crippen molar-refractivity contribution in [2.75, 3.05) is 13.2 Å². The molecule has 0 aromatic carbocycles. The van der Waals surface area contributed by atoms with Crippen LogP contribution in [0.25, 0.3) is 0 Å². The van der Waals surface area contributed by atoms with Crippen molar-refractivity contribution in [3.8, 4) is 0 Å². The van der Waals surface area contributed by atoms with Gasteiger partial charge in [0, 0.05) is 19.3 Å². The van der Waals surface area contributed by atoms with Crippen LogP contribution in [-0.2, 0) is 42.9 Å². The summed E-state index contributed by atoms with van der Waals surface area (Å²) in [5.74, 6) is -3.18. The Balaban J connectivity index is 2.68. The molecule has 0 spiro atoms. The van der Waals surface area contributed by atoms with Crippen LogP contribution in [0.5, 0.6) is 0 Å². The Hall–Kier alpha value is -4.62. The largest absolute Gasteiger partial charge is 0.479 e. The number of esters is 3. The third-order valence-corrected chi connectivity index (χ3v) is 14.8. The lowest BCUT2D eigenvalue weighted by Crippen LogP contribution is -2.61. The fourth-order valence-electron chi connectivity index (χ4n) is 9.70. The van der Waals surface area contributed by atoms with E-state index in [0.717, 1.165) is 148 Å². The maximum atomic E-state index is 13.2. The molecule has 0 aliphatic carbocycles. The van der Waals surface area contributed by atoms with Crippen molar-refractivity contribution < 1.29 is 58.2 Å². The molecule has 0 aromatic heterocycles. The van der Waals surface area contributed by atoms with E-state index in [9.17, 15) is 34.5 Å². The molecule has 6 atom stereocenters. The molecule has 0 radical (unpaired) electrons. The summed E-state index contributed by atoms with van der Waals surface area (Å²) < 4.78 is 28.5. The highest BCUT2D eigenvalue weighted by Gasteiger charge is 2.50. The highest BCUT2D eigenvalue weighted by Crippen LogP contribution is 2.27. The van der Waals surface area contributed by atoms with Gasteiger partial charge in [0.05, 0.1) is 6.61 Å². The fourth-order valence-corrected chi connectivity index (χ4v) is 9.70. The summed E-state index contributed by atoms with van der Waals surface area (Å²) >= 11 is 0. The summed E-state index contributed by atoms with van der Waals surface area (Å²) in [6, 6.07) is 0. The number of unbranched alkanes of at least 4 members (excludes halogenated alkanes) is 25. The number of ether oxygens (including phenoxy) is 5. The van der Waals surface area contributed by atoms with Crippen molar-refractivity contribution >= 4 is 23.9 Å². The number of aliphatic carboxylic acids is 1. The Morgan fingerprint density at radius 1 is 0.400 bits per heavy atom. The summed E-state index contributed by atoms with van der Waals surface area (Å²) in [6.45, 7) is 5.76. The number of carbonyl (C=O) groups is 4. The second-order valence-corrected chi connectivity index (χ2v) is 22.7. The summed E-state index contributed by atoms with van der Waals surface area (Å²) in [7, 11) is 0. The van der Waals surface area contributed by atoms with Gasteiger partial charge in [-0.15, -0.1) is 0 Å². The molecule has 1 rings (SSSR count). The Kier molecular flexibility index (Phi) is 55.1. The van der Waals surface area contributed by atoms with E-state index in [4.69, 9.17) is 23.7 Å². The summed E-state index contributed by atoms with van der Waals surface area (Å²) in [4.78, 5) is 51.4. The highest BCUT2D eigenvalue weighted by molar-refractivity contribution is 5.74. The number of allylic oxidation sites excluding steroid dienone is 18. The van der Waals surface area contributed by atoms with Crippen LogP contribution in [0.2, 0.25) is 0 Å². The zero-order chi connectivity index (χ0) is 61.7. The molecular formula is C73H120O12. The van der Waals surface area contributed by atoms with Gasteiger partial charge < -0.3 is 39.0 Å². The first-order valence-corrected chi connectivity index (χ1v) is 33.9. The van der Waals surface area contributed by atoms with Gasteiger partial charge in [0.1, 0.15) is 18.8 Å². The van der Waals surface area contributed by atoms with Gasteiger partial charge in [0.15, 0.2) is 24.6 Å². The van der Waals surface area contributed by atoms with Crippen LogP contribution in [0, 0.1) is 0 Å². The molecule has 1 heterocycles. The first kappa shape index (κ1) is 78.4. The minimum Gasteiger partial charge on any atom is -0.479 e. The zero-order valence-corrected chi connectivity index (χ0v) is 53.6. The van der Waals surface area contributed by atoms with E-state index in [-0.39, 0.29) is 25.9 Å². The zero-order valence-electron chi connectivity index (χ0n) is 53.6. The number of hydrogen-bond donors (Lipinski definition) is 3. The van der Waals surface area contributed by atoms with E-state index in [1.807, 2.05) is 0 Å². The first-order valence-electron chi connectivity index (χ1n) is 33.9. The summed E-state index contributed by atoms with van der Waals surface area (Å²) in [5, 5.41) is 31.6. The Labute approximate surface area is 516 Å². The molecule has 0 bridgehead atoms. The van der Waals surface area contributed by atoms with Gasteiger partial charge >= 0.3 is 23.9 Å². The van der Waals surface area contributed by atoms with Gasteiger partial charge in [-0.2, -0.15) is 0 Å². The molecule has 1 aliphatic rings. The molecule has 6 unspecified atom stereocenters. The average Bonchev–Trinajstić information content (AvgIpc) is 3.46. The van der Waals surface area contributed by atoms with Crippen LogP contribution < -0.4 is 0 Å². The van der Waals surface area contributed by atoms with Gasteiger partial charge in [0.25, 0.3) is 0 Å². The smallest absolute Gasteiger partial charge is 0.335 e. The van der Waals surface area contributed by atoms with E-state index in [1.165, 1.54) is 70.6 Å². The molecule has 12 nitrogen and oxygen atoms in total. The number of carboxylic acid groups (broad SMARTS) is 1. The topological polar surface area (TPSA) is 175 Å². The van der Waals surface area contributed by atoms with E-state index in [2.05, 4.69) is 130 Å². The second-order valence-electron chi connectivity index (χ2n) is 22.7. The van der Waals surface area contributed by atoms with Crippen LogP contribution in [0.1, 0.15) is 278 Å². The molecule has 1 saturated heterocycles. The minimum absolute atomic E-state index is 0.0412. The maximum Gasteiger partial charge on any atom is 0.335 e. The van der Waals surface area contributed by atoms with E-state index in [0.29, 0.717) is 19.3 Å². The molecule has 0 aromatic rings. The normalized spacial score (nSPS) is 18.2. The van der Waals surface area contributed by atoms with Gasteiger partial charge in [0.2, 0.25) is 0 Å². The third-order valence-electron chi connectivity index (χ3n) is 14.8. The molecule has 3 N–H and O–H groups in total. The average molecular weight is 1190 g/mol. The van der Waals surface area contributed by atoms with Crippen molar-refractivity contribution in [3.05, 3.63) is 109 Å². The van der Waals surface area contributed by atoms with Crippen molar-refractivity contribution in [3.63, 3.8) is 0 Å². The predicted molar refractivity (Wildman–Crippen MR) is 349 cm³/mol. The molecular weight excluding hydrogens is 1070 g/mol. The van der Waals surface area contributed by atoms with Gasteiger partial charge in [-0.1, -0.05) is 246 Å². The summed E-state index contributed by atoms with van der Waals surface area (Å²) in [6.07, 6.45) is 69.0. The predicted octanol–water partition coefficient (Wildman–Crippen LogP) is 18.6. The van der Waals surface area contributed by atoms with Gasteiger partial charge in [-0.3, -0.25) is 14.4 Å². The Bertz CT molecular complexity index is 1890. The highest BCUT2D eigenvalue weighted by atomic mass is 16.7. The van der Waals surface area contributed by atoms with Crippen LogP contribution in [0.3, 0.4) is 0 Å². The number of aliphatic hydroxyl groups is 2. The van der Waals surface area contributed by atoms with Crippen molar-refractivity contribution in [1.82, 2.24) is 0 Å². The molecule has 484 valence electrons. The summed E-state index contributed by atoms with van der Waals surface area (Å²) in [5.41, 5.74) is 0. The third kappa shape index (κ3) is 49.1. The molecule has 1 fully saturated rings. The Morgan fingerprint density at radius 2 is 0.741 bits per heavy atom. The van der Waals surface area contributed by atoms with Gasteiger partial charge in [-0.05, 0) is 122 Å². The van der Waals surface area contributed by atoms with E-state index in [1.54, 1.807) is 0 Å². The second kappa shape index (κ2) is 59.7. The Morgan fingerprint density at radius 3 is 1.15 bits per heavy atom. The monoisotopic (exact) mass is 1190 g/mol. The first-order chi connectivity index (χ1) is 41.6. The number of hydrogen-bond acceptors (Lipinski definition) is 11. The van der Waals surface area contributed by atoms with Crippen LogP contribution in [0.4, 0.5) is 0 Å². The molecule has 1 aliphatic heterocycles. The van der Waals surface area contributed by atoms with Crippen LogP contribution in [-0.4, -0.2) is 89.2 Å². The number of rotatable bonds is 57. The number of carboxylic acids is 1. The number of aliphatic hydroxyl groups excluding tert-OH is 2. The lowest BCUT2D eigenvalue weighted by molar-refractivity contribution is -0.301. The molecule has 0 amide bonds. The van der Waals surface area contributed by atoms with Crippen molar-refractivity contribution in [2.24, 2.45) is 0 Å². The number of carbonyl (C=O) groups excluding carboxylic acids is 3. The SMILES string of the molecule is CC/C=C\C/C=C\C/C=C\C/C=C\C/C=C\CCCCCC(=O)OCC(COC1OC(C(=O)O)C(O)C(O)C1OC(=O)CCCCCCCCC/C=C\C/C=C\C/C=C\CC)OC(=O)CCCCCCCCCCC/C=C\CCCCCCCC. The van der Waals surface area contributed by atoms with Gasteiger partial charge in [-0.25, -0.2) is 4.79 Å². The minimum atomic E-state index is -1.92. The van der Waals surface area contributed by atoms with E-state index >= 15 is 0 Å². The van der Waals surface area contributed by atoms with Crippen molar-refractivity contribution in [1.29, 1.82) is 0 Å². The fraction of sp³-hybridized carbons (Fsp3) is 0.699. The molecule has 0 saturated carbocycles.